The van der Waals surface area contributed by atoms with Gasteiger partial charge in [0.15, 0.2) is 10.1 Å². The number of amides is 1. The number of Topliss-reactive ketones (excluding diaryl/α,β-unsaturated/α-hetero) is 1. The molecule has 2 aromatic carbocycles. The van der Waals surface area contributed by atoms with Gasteiger partial charge in [-0.15, -0.1) is 10.2 Å². The van der Waals surface area contributed by atoms with Crippen LogP contribution in [0.3, 0.4) is 0 Å². The Morgan fingerprint density at radius 3 is 2.77 bits per heavy atom. The number of nitrogens with zero attached hydrogens (tertiary/aromatic N) is 4. The Balaban J connectivity index is 1.44. The third kappa shape index (κ3) is 5.51. The summed E-state index contributed by atoms with van der Waals surface area (Å²) in [4.78, 5) is 27.3. The molecule has 198 valence electrons. The SMILES string of the molecule is N#CC1=C(N)N(c2nnc(SCC(=O)Nc3cccc(Cl)c3)s2)C2=C(C(=O)CCC2)C1c1cccc(Cl)c1Cl. The molecular weight excluding hydrogens is 599 g/mol. The minimum atomic E-state index is -0.739. The molecule has 0 saturated heterocycles. The summed E-state index contributed by atoms with van der Waals surface area (Å²) in [5, 5.41) is 23.0. The highest BCUT2D eigenvalue weighted by atomic mass is 35.5. The monoisotopic (exact) mass is 616 g/mol. The van der Waals surface area contributed by atoms with Crippen molar-refractivity contribution in [1.82, 2.24) is 10.2 Å². The zero-order valence-corrected chi connectivity index (χ0v) is 24.0. The van der Waals surface area contributed by atoms with Gasteiger partial charge in [-0.05, 0) is 42.7 Å². The van der Waals surface area contributed by atoms with Crippen molar-refractivity contribution in [3.05, 3.63) is 85.8 Å². The van der Waals surface area contributed by atoms with Crippen LogP contribution in [-0.4, -0.2) is 27.6 Å². The highest BCUT2D eigenvalue weighted by Gasteiger charge is 2.42. The van der Waals surface area contributed by atoms with Crippen molar-refractivity contribution in [3.8, 4) is 6.07 Å². The molecule has 0 spiro atoms. The smallest absolute Gasteiger partial charge is 0.234 e. The number of aromatic nitrogens is 2. The zero-order valence-electron chi connectivity index (χ0n) is 20.1. The van der Waals surface area contributed by atoms with E-state index in [4.69, 9.17) is 40.5 Å². The fourth-order valence-corrected chi connectivity index (χ4v) is 6.89. The number of carbonyl (C=O) groups excluding carboxylic acids is 2. The largest absolute Gasteiger partial charge is 0.384 e. The molecule has 0 bridgehead atoms. The second-order valence-electron chi connectivity index (χ2n) is 8.66. The van der Waals surface area contributed by atoms with Gasteiger partial charge in [0.2, 0.25) is 11.0 Å². The van der Waals surface area contributed by atoms with Gasteiger partial charge in [0.05, 0.1) is 33.4 Å². The summed E-state index contributed by atoms with van der Waals surface area (Å²) in [6, 6.07) is 14.2. The molecule has 1 unspecified atom stereocenters. The summed E-state index contributed by atoms with van der Waals surface area (Å²) in [6.45, 7) is 0. The van der Waals surface area contributed by atoms with Crippen molar-refractivity contribution in [2.24, 2.45) is 5.73 Å². The van der Waals surface area contributed by atoms with Gasteiger partial charge in [-0.2, -0.15) is 5.26 Å². The van der Waals surface area contributed by atoms with E-state index < -0.39 is 5.92 Å². The van der Waals surface area contributed by atoms with Crippen LogP contribution in [0.25, 0.3) is 0 Å². The minimum absolute atomic E-state index is 0.0839. The molecule has 0 radical (unpaired) electrons. The number of thioether (sulfide) groups is 1. The molecule has 1 aromatic heterocycles. The molecule has 1 aliphatic heterocycles. The molecular formula is C26H19Cl3N6O2S2. The summed E-state index contributed by atoms with van der Waals surface area (Å²) in [5.41, 5.74) is 9.02. The Morgan fingerprint density at radius 1 is 1.21 bits per heavy atom. The van der Waals surface area contributed by atoms with Crippen LogP contribution in [0.4, 0.5) is 10.8 Å². The number of anilines is 2. The molecule has 8 nitrogen and oxygen atoms in total. The summed E-state index contributed by atoms with van der Waals surface area (Å²) < 4.78 is 0.529. The number of halogens is 3. The van der Waals surface area contributed by atoms with E-state index in [1.807, 2.05) is 0 Å². The lowest BCUT2D eigenvalue weighted by Gasteiger charge is -2.38. The van der Waals surface area contributed by atoms with E-state index in [2.05, 4.69) is 21.6 Å². The summed E-state index contributed by atoms with van der Waals surface area (Å²) in [7, 11) is 0. The van der Waals surface area contributed by atoms with E-state index in [1.165, 1.54) is 23.1 Å². The number of benzene rings is 2. The lowest BCUT2D eigenvalue weighted by Crippen LogP contribution is -2.38. The van der Waals surface area contributed by atoms with Gasteiger partial charge in [-0.3, -0.25) is 14.5 Å². The van der Waals surface area contributed by atoms with Gasteiger partial charge in [0.25, 0.3) is 0 Å². The topological polar surface area (TPSA) is 125 Å². The lowest BCUT2D eigenvalue weighted by molar-refractivity contribution is -0.116. The van der Waals surface area contributed by atoms with Gasteiger partial charge in [0, 0.05) is 28.4 Å². The molecule has 0 saturated carbocycles. The standard InChI is InChI=1S/C26H19Cl3N6O2S2/c27-13-4-1-5-14(10-13)32-20(37)12-38-26-34-33-25(39-26)35-18-8-3-9-19(36)22(18)21(16(11-30)24(35)31)15-6-2-7-17(28)23(15)29/h1-2,4-7,10,21H,3,8-9,12,31H2,(H,32,37). The Kier molecular flexibility index (Phi) is 8.16. The van der Waals surface area contributed by atoms with E-state index in [0.717, 1.165) is 0 Å². The first-order chi connectivity index (χ1) is 18.8. The molecule has 1 amide bonds. The van der Waals surface area contributed by atoms with Gasteiger partial charge >= 0.3 is 0 Å². The Bertz CT molecular complexity index is 1600. The fraction of sp³-hybridized carbons (Fsp3) is 0.192. The number of ketones is 1. The van der Waals surface area contributed by atoms with Crippen LogP contribution in [0.1, 0.15) is 30.7 Å². The zero-order chi connectivity index (χ0) is 27.7. The van der Waals surface area contributed by atoms with E-state index in [9.17, 15) is 14.9 Å². The molecule has 1 atom stereocenters. The summed E-state index contributed by atoms with van der Waals surface area (Å²) in [5.74, 6) is -0.806. The third-order valence-electron chi connectivity index (χ3n) is 6.23. The second-order valence-corrected chi connectivity index (χ2v) is 12.1. The van der Waals surface area contributed by atoms with Crippen LogP contribution in [0.15, 0.2) is 69.5 Å². The van der Waals surface area contributed by atoms with Crippen molar-refractivity contribution >= 4 is 80.4 Å². The van der Waals surface area contributed by atoms with Gasteiger partial charge in [0.1, 0.15) is 5.82 Å². The second kappa shape index (κ2) is 11.6. The van der Waals surface area contributed by atoms with Crippen molar-refractivity contribution in [1.29, 1.82) is 5.26 Å². The van der Waals surface area contributed by atoms with Crippen molar-refractivity contribution < 1.29 is 9.59 Å². The number of carbonyl (C=O) groups is 2. The predicted molar refractivity (Wildman–Crippen MR) is 155 cm³/mol. The number of hydrogen-bond donors (Lipinski definition) is 2. The number of allylic oxidation sites excluding steroid dienone is 3. The number of nitrogens with one attached hydrogen (secondary N) is 1. The molecule has 1 aliphatic carbocycles. The number of nitriles is 1. The van der Waals surface area contributed by atoms with Crippen LogP contribution in [0.2, 0.25) is 15.1 Å². The van der Waals surface area contributed by atoms with Crippen LogP contribution in [-0.2, 0) is 9.59 Å². The van der Waals surface area contributed by atoms with Crippen LogP contribution in [0, 0.1) is 11.3 Å². The Labute approximate surface area is 247 Å². The number of nitrogens with two attached hydrogens (primary N) is 1. The average molecular weight is 618 g/mol. The molecule has 2 heterocycles. The van der Waals surface area contributed by atoms with E-state index in [1.54, 1.807) is 47.4 Å². The van der Waals surface area contributed by atoms with E-state index in [-0.39, 0.29) is 33.9 Å². The maximum atomic E-state index is 13.3. The highest BCUT2D eigenvalue weighted by Crippen LogP contribution is 2.49. The number of rotatable bonds is 6. The maximum Gasteiger partial charge on any atom is 0.234 e. The van der Waals surface area contributed by atoms with Gasteiger partial charge in [-0.25, -0.2) is 0 Å². The Hall–Kier alpha value is -3.07. The Morgan fingerprint density at radius 2 is 2.00 bits per heavy atom. The number of hydrogen-bond acceptors (Lipinski definition) is 9. The first-order valence-corrected chi connectivity index (χ1v) is 14.6. The van der Waals surface area contributed by atoms with Crippen LogP contribution in [0.5, 0.6) is 0 Å². The van der Waals surface area contributed by atoms with Crippen LogP contribution >= 0.6 is 57.9 Å². The molecule has 0 fully saturated rings. The lowest BCUT2D eigenvalue weighted by atomic mass is 9.76. The quantitative estimate of drug-likeness (QED) is 0.299. The maximum absolute atomic E-state index is 13.3. The molecule has 3 N–H and O–H groups in total. The molecule has 3 aromatic rings. The highest BCUT2D eigenvalue weighted by molar-refractivity contribution is 8.01. The normalized spacial score (nSPS) is 17.2. The fourth-order valence-electron chi connectivity index (χ4n) is 4.60. The van der Waals surface area contributed by atoms with E-state index >= 15 is 0 Å². The first-order valence-electron chi connectivity index (χ1n) is 11.7. The molecule has 13 heteroatoms. The van der Waals surface area contributed by atoms with Crippen molar-refractivity contribution in [3.63, 3.8) is 0 Å². The minimum Gasteiger partial charge on any atom is -0.384 e. The summed E-state index contributed by atoms with van der Waals surface area (Å²) in [6.07, 6.45) is 1.53. The van der Waals surface area contributed by atoms with Gasteiger partial charge in [-0.1, -0.05) is 76.1 Å². The molecule has 5 rings (SSSR count). The average Bonchev–Trinajstić information content (AvgIpc) is 3.37. The molecule has 39 heavy (non-hydrogen) atoms. The third-order valence-corrected chi connectivity index (χ3v) is 9.34. The predicted octanol–water partition coefficient (Wildman–Crippen LogP) is 6.53. The van der Waals surface area contributed by atoms with E-state index in [0.29, 0.717) is 61.3 Å². The first kappa shape index (κ1) is 27.5. The summed E-state index contributed by atoms with van der Waals surface area (Å²) >= 11 is 21.2. The van der Waals surface area contributed by atoms with Crippen molar-refractivity contribution in [2.75, 3.05) is 16.0 Å². The van der Waals surface area contributed by atoms with Gasteiger partial charge < -0.3 is 11.1 Å². The molecule has 2 aliphatic rings. The van der Waals surface area contributed by atoms with Crippen molar-refractivity contribution in [2.45, 2.75) is 29.5 Å². The van der Waals surface area contributed by atoms with Crippen LogP contribution < -0.4 is 16.0 Å².